The molecule has 0 fully saturated rings. The molecular formula is C22H20ClFN6O3. The Balaban J connectivity index is 1.46. The van der Waals surface area contributed by atoms with Gasteiger partial charge in [0.2, 0.25) is 0 Å². The van der Waals surface area contributed by atoms with Crippen LogP contribution in [0.15, 0.2) is 48.4 Å². The van der Waals surface area contributed by atoms with Gasteiger partial charge in [0.25, 0.3) is 0 Å². The molecule has 3 heterocycles. The van der Waals surface area contributed by atoms with Crippen LogP contribution in [0, 0.1) is 5.82 Å². The number of nitrogen functional groups attached to an aromatic ring is 2. The topological polar surface area (TPSA) is 145 Å². The van der Waals surface area contributed by atoms with Gasteiger partial charge < -0.3 is 31.0 Å². The summed E-state index contributed by atoms with van der Waals surface area (Å²) in [6.07, 6.45) is 1.76. The number of nitrogens with zero attached hydrogens (tertiary/aromatic N) is 4. The lowest BCUT2D eigenvalue weighted by molar-refractivity contribution is 0.0253. The third kappa shape index (κ3) is 3.52. The summed E-state index contributed by atoms with van der Waals surface area (Å²) in [5.74, 6) is 0.0253. The first-order valence-electron chi connectivity index (χ1n) is 10.1. The van der Waals surface area contributed by atoms with Gasteiger partial charge in [0.05, 0.1) is 22.0 Å². The molecule has 1 aliphatic carbocycles. The zero-order valence-corrected chi connectivity index (χ0v) is 18.1. The highest BCUT2D eigenvalue weighted by molar-refractivity contribution is 6.33. The van der Waals surface area contributed by atoms with Crippen LogP contribution in [0.4, 0.5) is 16.0 Å². The second-order valence-electron chi connectivity index (χ2n) is 7.90. The first kappa shape index (κ1) is 21.4. The van der Waals surface area contributed by atoms with Gasteiger partial charge in [0.1, 0.15) is 53.5 Å². The van der Waals surface area contributed by atoms with E-state index in [4.69, 9.17) is 27.8 Å². The standard InChI is InChI=1S/C22H20ClFN6O3/c1-9(33-10-4-15(24)13-6-14(23)21(26)29-16(13)5-10)12-7-17(19(32)18(12)31)30-3-2-11-20(25)27-8-28-22(11)30/h2-9,17-19,31-32H,1H3,(H2,26,29)(H2,25,27,28)/t9?,17?,18?,19-/m1/s1. The summed E-state index contributed by atoms with van der Waals surface area (Å²) in [5, 5.41) is 22.5. The number of fused-ring (bicyclic) bond motifs is 2. The molecule has 0 saturated carbocycles. The molecule has 0 aliphatic heterocycles. The van der Waals surface area contributed by atoms with Crippen molar-refractivity contribution in [2.75, 3.05) is 11.5 Å². The molecule has 9 nitrogen and oxygen atoms in total. The van der Waals surface area contributed by atoms with Crippen molar-refractivity contribution in [3.8, 4) is 5.75 Å². The van der Waals surface area contributed by atoms with Crippen LogP contribution in [-0.2, 0) is 0 Å². The molecule has 0 radical (unpaired) electrons. The fourth-order valence-corrected chi connectivity index (χ4v) is 4.32. The first-order valence-corrected chi connectivity index (χ1v) is 10.5. The summed E-state index contributed by atoms with van der Waals surface area (Å²) in [6.45, 7) is 1.70. The van der Waals surface area contributed by atoms with E-state index in [0.29, 0.717) is 22.4 Å². The van der Waals surface area contributed by atoms with Crippen molar-refractivity contribution in [3.63, 3.8) is 0 Å². The third-order valence-electron chi connectivity index (χ3n) is 5.86. The highest BCUT2D eigenvalue weighted by Gasteiger charge is 2.39. The van der Waals surface area contributed by atoms with Crippen LogP contribution >= 0.6 is 11.6 Å². The van der Waals surface area contributed by atoms with Gasteiger partial charge in [-0.2, -0.15) is 0 Å². The predicted molar refractivity (Wildman–Crippen MR) is 122 cm³/mol. The van der Waals surface area contributed by atoms with Crippen LogP contribution < -0.4 is 16.2 Å². The second kappa shape index (κ2) is 7.84. The van der Waals surface area contributed by atoms with Gasteiger partial charge in [-0.15, -0.1) is 0 Å². The normalized spacial score (nSPS) is 21.5. The number of halogens is 2. The minimum atomic E-state index is -1.19. The number of aliphatic hydroxyl groups excluding tert-OH is 2. The molecule has 3 unspecified atom stereocenters. The van der Waals surface area contributed by atoms with Crippen LogP contribution in [0.2, 0.25) is 5.02 Å². The Morgan fingerprint density at radius 1 is 1.15 bits per heavy atom. The van der Waals surface area contributed by atoms with Crippen molar-refractivity contribution in [2.24, 2.45) is 0 Å². The second-order valence-corrected chi connectivity index (χ2v) is 8.31. The molecule has 5 rings (SSSR count). The molecule has 0 spiro atoms. The summed E-state index contributed by atoms with van der Waals surface area (Å²) in [4.78, 5) is 12.3. The summed E-state index contributed by atoms with van der Waals surface area (Å²) in [7, 11) is 0. The van der Waals surface area contributed by atoms with Gasteiger partial charge in [0.15, 0.2) is 0 Å². The number of aliphatic hydroxyl groups is 2. The largest absolute Gasteiger partial charge is 0.486 e. The molecule has 1 aliphatic rings. The Labute approximate surface area is 192 Å². The van der Waals surface area contributed by atoms with Crippen molar-refractivity contribution in [1.29, 1.82) is 0 Å². The lowest BCUT2D eigenvalue weighted by Crippen LogP contribution is -2.32. The number of aromatic nitrogens is 4. The Morgan fingerprint density at radius 3 is 2.73 bits per heavy atom. The monoisotopic (exact) mass is 470 g/mol. The highest BCUT2D eigenvalue weighted by atomic mass is 35.5. The average Bonchev–Trinajstić information content (AvgIpc) is 3.32. The Morgan fingerprint density at radius 2 is 1.94 bits per heavy atom. The number of hydrogen-bond acceptors (Lipinski definition) is 8. The van der Waals surface area contributed by atoms with E-state index in [-0.39, 0.29) is 27.5 Å². The van der Waals surface area contributed by atoms with Crippen LogP contribution in [-0.4, -0.2) is 48.0 Å². The van der Waals surface area contributed by atoms with Gasteiger partial charge in [-0.3, -0.25) is 0 Å². The molecule has 3 aromatic heterocycles. The van der Waals surface area contributed by atoms with Gasteiger partial charge in [-0.05, 0) is 24.6 Å². The zero-order chi connectivity index (χ0) is 23.4. The Bertz CT molecular complexity index is 1420. The summed E-state index contributed by atoms with van der Waals surface area (Å²) in [5.41, 5.74) is 12.9. The minimum absolute atomic E-state index is 0.0806. The van der Waals surface area contributed by atoms with Crippen molar-refractivity contribution in [2.45, 2.75) is 31.3 Å². The zero-order valence-electron chi connectivity index (χ0n) is 17.4. The lowest BCUT2D eigenvalue weighted by Gasteiger charge is -2.22. The van der Waals surface area contributed by atoms with Crippen molar-refractivity contribution >= 4 is 45.2 Å². The third-order valence-corrected chi connectivity index (χ3v) is 6.16. The number of anilines is 2. The Kier molecular flexibility index (Phi) is 5.08. The molecule has 1 aromatic carbocycles. The molecule has 0 saturated heterocycles. The quantitative estimate of drug-likeness (QED) is 0.333. The fourth-order valence-electron chi connectivity index (χ4n) is 4.17. The van der Waals surface area contributed by atoms with E-state index in [1.807, 2.05) is 0 Å². The van der Waals surface area contributed by atoms with Gasteiger partial charge >= 0.3 is 0 Å². The van der Waals surface area contributed by atoms with Crippen LogP contribution in [0.3, 0.4) is 0 Å². The lowest BCUT2D eigenvalue weighted by atomic mass is 10.1. The SMILES string of the molecule is CC(Oc1cc(F)c2cc(Cl)c(N)nc2c1)C1=CC(n2ccc3c(N)ncnc32)[C@@H](O)C1O. The van der Waals surface area contributed by atoms with E-state index in [9.17, 15) is 14.6 Å². The smallest absolute Gasteiger partial charge is 0.146 e. The van der Waals surface area contributed by atoms with E-state index in [1.54, 1.807) is 29.8 Å². The van der Waals surface area contributed by atoms with Crippen LogP contribution in [0.5, 0.6) is 5.75 Å². The highest BCUT2D eigenvalue weighted by Crippen LogP contribution is 2.36. The van der Waals surface area contributed by atoms with E-state index in [2.05, 4.69) is 15.0 Å². The fraction of sp³-hybridized carbons (Fsp3) is 0.227. The number of nitrogens with two attached hydrogens (primary N) is 2. The maximum atomic E-state index is 14.6. The molecule has 11 heteroatoms. The summed E-state index contributed by atoms with van der Waals surface area (Å²) in [6, 6.07) is 5.30. The van der Waals surface area contributed by atoms with Crippen molar-refractivity contribution in [1.82, 2.24) is 19.5 Å². The maximum Gasteiger partial charge on any atom is 0.146 e. The van der Waals surface area contributed by atoms with Crippen LogP contribution in [0.1, 0.15) is 13.0 Å². The Hall–Kier alpha value is -3.47. The molecular weight excluding hydrogens is 451 g/mol. The molecule has 33 heavy (non-hydrogen) atoms. The maximum absolute atomic E-state index is 14.6. The predicted octanol–water partition coefficient (Wildman–Crippen LogP) is 2.61. The van der Waals surface area contributed by atoms with Crippen molar-refractivity contribution < 1.29 is 19.3 Å². The molecule has 4 atom stereocenters. The number of pyridine rings is 1. The van der Waals surface area contributed by atoms with E-state index in [0.717, 1.165) is 0 Å². The number of benzene rings is 1. The number of rotatable bonds is 4. The molecule has 0 amide bonds. The van der Waals surface area contributed by atoms with E-state index < -0.39 is 30.2 Å². The summed E-state index contributed by atoms with van der Waals surface area (Å²) >= 11 is 5.94. The average molecular weight is 471 g/mol. The van der Waals surface area contributed by atoms with Gasteiger partial charge in [0, 0.05) is 23.7 Å². The molecule has 170 valence electrons. The van der Waals surface area contributed by atoms with Gasteiger partial charge in [-0.1, -0.05) is 17.7 Å². The molecule has 6 N–H and O–H groups in total. The van der Waals surface area contributed by atoms with Gasteiger partial charge in [-0.25, -0.2) is 19.3 Å². The first-order chi connectivity index (χ1) is 15.7. The van der Waals surface area contributed by atoms with E-state index >= 15 is 0 Å². The minimum Gasteiger partial charge on any atom is -0.486 e. The molecule has 0 bridgehead atoms. The van der Waals surface area contributed by atoms with E-state index in [1.165, 1.54) is 24.5 Å². The van der Waals surface area contributed by atoms with Crippen LogP contribution in [0.25, 0.3) is 21.9 Å². The summed E-state index contributed by atoms with van der Waals surface area (Å²) < 4.78 is 22.2. The number of ether oxygens (including phenoxy) is 1. The molecule has 4 aromatic rings. The van der Waals surface area contributed by atoms with Crippen molar-refractivity contribution in [3.05, 3.63) is 59.3 Å². The number of hydrogen-bond donors (Lipinski definition) is 4.